The Bertz CT molecular complexity index is 736. The van der Waals surface area contributed by atoms with Crippen LogP contribution in [0, 0.1) is 0 Å². The summed E-state index contributed by atoms with van der Waals surface area (Å²) in [5.41, 5.74) is 0.875. The maximum Gasteiger partial charge on any atom is 0.262 e. The first-order valence-corrected chi connectivity index (χ1v) is 8.91. The fourth-order valence-electron chi connectivity index (χ4n) is 1.62. The van der Waals surface area contributed by atoms with Crippen molar-refractivity contribution in [1.29, 1.82) is 0 Å². The summed E-state index contributed by atoms with van der Waals surface area (Å²) in [7, 11) is 1.31. The lowest BCUT2D eigenvalue weighted by Crippen LogP contribution is -2.03. The summed E-state index contributed by atoms with van der Waals surface area (Å²) in [6.45, 7) is 0.333. The van der Waals surface area contributed by atoms with Crippen molar-refractivity contribution in [3.8, 4) is 5.75 Å². The SMILES string of the molecule is O=S(=O)(Cl)c1cc(Cl)c(OCCc2ccccn2)cc1Cl. The second-order valence-corrected chi connectivity index (χ2v) is 7.42. The summed E-state index contributed by atoms with van der Waals surface area (Å²) in [6, 6.07) is 8.08. The number of pyridine rings is 1. The molecule has 0 aliphatic rings. The summed E-state index contributed by atoms with van der Waals surface area (Å²) in [4.78, 5) is 3.92. The second kappa shape index (κ2) is 6.83. The van der Waals surface area contributed by atoms with Gasteiger partial charge >= 0.3 is 0 Å². The lowest BCUT2D eigenvalue weighted by molar-refractivity contribution is 0.320. The van der Waals surface area contributed by atoms with E-state index < -0.39 is 9.05 Å². The average molecular weight is 367 g/mol. The first kappa shape index (κ1) is 16.4. The minimum absolute atomic E-state index is 0.0396. The van der Waals surface area contributed by atoms with Crippen LogP contribution in [0.4, 0.5) is 0 Å². The van der Waals surface area contributed by atoms with Crippen molar-refractivity contribution < 1.29 is 13.2 Å². The van der Waals surface area contributed by atoms with Gasteiger partial charge in [-0.15, -0.1) is 0 Å². The highest BCUT2D eigenvalue weighted by Gasteiger charge is 2.18. The van der Waals surface area contributed by atoms with Gasteiger partial charge in [0.15, 0.2) is 0 Å². The molecule has 1 heterocycles. The van der Waals surface area contributed by atoms with Crippen LogP contribution in [0.25, 0.3) is 0 Å². The molecule has 0 aliphatic heterocycles. The summed E-state index contributed by atoms with van der Waals surface area (Å²) in [5.74, 6) is 0.293. The van der Waals surface area contributed by atoms with Crippen molar-refractivity contribution in [1.82, 2.24) is 4.98 Å². The van der Waals surface area contributed by atoms with E-state index in [1.165, 1.54) is 12.1 Å². The van der Waals surface area contributed by atoms with Crippen LogP contribution in [0.3, 0.4) is 0 Å². The standard InChI is InChI=1S/C13H10Cl3NO3S/c14-10-8-13(21(16,18)19)11(15)7-12(10)20-6-4-9-3-1-2-5-17-9/h1-3,5,7-8H,4,6H2. The summed E-state index contributed by atoms with van der Waals surface area (Å²) in [5, 5.41) is 0.0851. The first-order valence-electron chi connectivity index (χ1n) is 5.84. The van der Waals surface area contributed by atoms with Crippen molar-refractivity contribution in [2.24, 2.45) is 0 Å². The number of rotatable bonds is 5. The van der Waals surface area contributed by atoms with Crippen LogP contribution in [0.2, 0.25) is 10.0 Å². The van der Waals surface area contributed by atoms with Gasteiger partial charge in [-0.2, -0.15) is 0 Å². The molecule has 0 unspecified atom stereocenters. The largest absolute Gasteiger partial charge is 0.492 e. The molecular formula is C13H10Cl3NO3S. The molecule has 0 radical (unpaired) electrons. The number of ether oxygens (including phenoxy) is 1. The zero-order chi connectivity index (χ0) is 15.5. The Kier molecular flexibility index (Phi) is 5.32. The Morgan fingerprint density at radius 3 is 2.52 bits per heavy atom. The molecule has 0 amide bonds. The number of aromatic nitrogens is 1. The van der Waals surface area contributed by atoms with E-state index in [1.54, 1.807) is 6.20 Å². The zero-order valence-corrected chi connectivity index (χ0v) is 13.7. The summed E-state index contributed by atoms with van der Waals surface area (Å²) in [6.07, 6.45) is 2.28. The van der Waals surface area contributed by atoms with Gasteiger partial charge in [0.05, 0.1) is 16.7 Å². The predicted molar refractivity (Wildman–Crippen MR) is 82.9 cm³/mol. The third-order valence-corrected chi connectivity index (χ3v) is 4.67. The number of benzene rings is 1. The van der Waals surface area contributed by atoms with Crippen LogP contribution in [-0.4, -0.2) is 20.0 Å². The molecule has 4 nitrogen and oxygen atoms in total. The lowest BCUT2D eigenvalue weighted by Gasteiger charge is -2.10. The second-order valence-electron chi connectivity index (χ2n) is 4.07. The molecular weight excluding hydrogens is 357 g/mol. The molecule has 0 fully saturated rings. The monoisotopic (exact) mass is 365 g/mol. The Morgan fingerprint density at radius 1 is 1.14 bits per heavy atom. The van der Waals surface area contributed by atoms with E-state index in [1.807, 2.05) is 18.2 Å². The molecule has 1 aromatic carbocycles. The van der Waals surface area contributed by atoms with Gasteiger partial charge in [0.25, 0.3) is 9.05 Å². The van der Waals surface area contributed by atoms with Gasteiger partial charge in [0, 0.05) is 35.1 Å². The molecule has 0 atom stereocenters. The third-order valence-electron chi connectivity index (χ3n) is 2.59. The van der Waals surface area contributed by atoms with Gasteiger partial charge in [0.2, 0.25) is 0 Å². The van der Waals surface area contributed by atoms with E-state index in [4.69, 9.17) is 38.6 Å². The Hall–Kier alpha value is -1.01. The number of nitrogens with zero attached hydrogens (tertiary/aromatic N) is 1. The molecule has 0 N–H and O–H groups in total. The van der Waals surface area contributed by atoms with Crippen molar-refractivity contribution in [3.05, 3.63) is 52.3 Å². The maximum absolute atomic E-state index is 11.3. The maximum atomic E-state index is 11.3. The summed E-state index contributed by atoms with van der Waals surface area (Å²) < 4.78 is 28.1. The summed E-state index contributed by atoms with van der Waals surface area (Å²) >= 11 is 11.8. The van der Waals surface area contributed by atoms with Gasteiger partial charge in [-0.05, 0) is 18.2 Å². The van der Waals surface area contributed by atoms with Gasteiger partial charge in [0.1, 0.15) is 10.6 Å². The molecule has 0 aliphatic carbocycles. The molecule has 0 saturated heterocycles. The highest BCUT2D eigenvalue weighted by molar-refractivity contribution is 8.13. The minimum atomic E-state index is -3.95. The normalized spacial score (nSPS) is 11.4. The third kappa shape index (κ3) is 4.48. The number of hydrogen-bond donors (Lipinski definition) is 0. The Balaban J connectivity index is 2.09. The van der Waals surface area contributed by atoms with Gasteiger partial charge in [-0.25, -0.2) is 8.42 Å². The Morgan fingerprint density at radius 2 is 1.90 bits per heavy atom. The molecule has 112 valence electrons. The van der Waals surface area contributed by atoms with E-state index in [-0.39, 0.29) is 14.9 Å². The molecule has 2 rings (SSSR count). The fourth-order valence-corrected chi connectivity index (χ4v) is 3.41. The van der Waals surface area contributed by atoms with Crippen LogP contribution in [0.15, 0.2) is 41.4 Å². The average Bonchev–Trinajstić information content (AvgIpc) is 2.42. The molecule has 2 aromatic rings. The van der Waals surface area contributed by atoms with Crippen LogP contribution in [0.5, 0.6) is 5.75 Å². The zero-order valence-electron chi connectivity index (χ0n) is 10.6. The number of halogens is 3. The van der Waals surface area contributed by atoms with E-state index >= 15 is 0 Å². The highest BCUT2D eigenvalue weighted by Crippen LogP contribution is 2.35. The molecule has 0 saturated carbocycles. The quantitative estimate of drug-likeness (QED) is 0.752. The fraction of sp³-hybridized carbons (Fsp3) is 0.154. The van der Waals surface area contributed by atoms with E-state index in [2.05, 4.69) is 4.98 Å². The minimum Gasteiger partial charge on any atom is -0.492 e. The topological polar surface area (TPSA) is 56.3 Å². The van der Waals surface area contributed by atoms with Gasteiger partial charge in [-0.3, -0.25) is 4.98 Å². The predicted octanol–water partition coefficient (Wildman–Crippen LogP) is 3.94. The van der Waals surface area contributed by atoms with E-state index in [0.29, 0.717) is 18.8 Å². The van der Waals surface area contributed by atoms with Crippen molar-refractivity contribution >= 4 is 42.9 Å². The van der Waals surface area contributed by atoms with E-state index in [0.717, 1.165) is 5.69 Å². The molecule has 0 bridgehead atoms. The van der Waals surface area contributed by atoms with Crippen molar-refractivity contribution in [2.75, 3.05) is 6.61 Å². The van der Waals surface area contributed by atoms with Crippen molar-refractivity contribution in [2.45, 2.75) is 11.3 Å². The smallest absolute Gasteiger partial charge is 0.262 e. The van der Waals surface area contributed by atoms with Crippen LogP contribution < -0.4 is 4.74 Å². The van der Waals surface area contributed by atoms with Crippen LogP contribution >= 0.6 is 33.9 Å². The van der Waals surface area contributed by atoms with Gasteiger partial charge in [-0.1, -0.05) is 29.3 Å². The molecule has 8 heteroatoms. The highest BCUT2D eigenvalue weighted by atomic mass is 35.7. The van der Waals surface area contributed by atoms with E-state index in [9.17, 15) is 8.42 Å². The first-order chi connectivity index (χ1) is 9.88. The Labute approximate surface area is 137 Å². The lowest BCUT2D eigenvalue weighted by atomic mass is 10.3. The van der Waals surface area contributed by atoms with Crippen LogP contribution in [0.1, 0.15) is 5.69 Å². The number of hydrogen-bond acceptors (Lipinski definition) is 4. The van der Waals surface area contributed by atoms with Crippen LogP contribution in [-0.2, 0) is 15.5 Å². The van der Waals surface area contributed by atoms with Gasteiger partial charge < -0.3 is 4.74 Å². The molecule has 1 aromatic heterocycles. The molecule has 21 heavy (non-hydrogen) atoms. The molecule has 0 spiro atoms. The van der Waals surface area contributed by atoms with Crippen molar-refractivity contribution in [3.63, 3.8) is 0 Å².